The SMILES string of the molecule is CCC=CCC(O)CC(=O)OC(CC(=O)O)C[N+](C)(C)C. The minimum Gasteiger partial charge on any atom is -0.481 e. The average molecular weight is 302 g/mol. The second kappa shape index (κ2) is 9.52. The fraction of sp³-hybridized carbons (Fsp3) is 0.733. The van der Waals surface area contributed by atoms with E-state index in [1.54, 1.807) is 0 Å². The van der Waals surface area contributed by atoms with Gasteiger partial charge in [-0.25, -0.2) is 0 Å². The van der Waals surface area contributed by atoms with Gasteiger partial charge in [-0.3, -0.25) is 9.59 Å². The molecule has 0 aliphatic rings. The molecule has 0 radical (unpaired) electrons. The van der Waals surface area contributed by atoms with Crippen LogP contribution in [-0.4, -0.2) is 66.5 Å². The number of hydrogen-bond acceptors (Lipinski definition) is 4. The van der Waals surface area contributed by atoms with Crippen molar-refractivity contribution in [3.8, 4) is 0 Å². The van der Waals surface area contributed by atoms with E-state index in [0.29, 0.717) is 17.4 Å². The fourth-order valence-electron chi connectivity index (χ4n) is 1.88. The van der Waals surface area contributed by atoms with Crippen LogP contribution in [0, 0.1) is 0 Å². The highest BCUT2D eigenvalue weighted by atomic mass is 16.5. The lowest BCUT2D eigenvalue weighted by Crippen LogP contribution is -2.44. The molecule has 0 aromatic heterocycles. The molecule has 122 valence electrons. The summed E-state index contributed by atoms with van der Waals surface area (Å²) in [6.45, 7) is 2.39. The number of aliphatic hydroxyl groups excluding tert-OH is 1. The Bertz CT molecular complexity index is 360. The van der Waals surface area contributed by atoms with E-state index in [2.05, 4.69) is 0 Å². The number of aliphatic hydroxyl groups is 1. The van der Waals surface area contributed by atoms with Crippen molar-refractivity contribution in [3.63, 3.8) is 0 Å². The van der Waals surface area contributed by atoms with Crippen molar-refractivity contribution in [2.24, 2.45) is 0 Å². The van der Waals surface area contributed by atoms with E-state index in [1.165, 1.54) is 0 Å². The third-order valence-corrected chi connectivity index (χ3v) is 2.66. The van der Waals surface area contributed by atoms with Gasteiger partial charge >= 0.3 is 11.9 Å². The lowest BCUT2D eigenvalue weighted by atomic mass is 10.1. The predicted molar refractivity (Wildman–Crippen MR) is 79.7 cm³/mol. The van der Waals surface area contributed by atoms with Gasteiger partial charge in [0.15, 0.2) is 6.10 Å². The minimum atomic E-state index is -1.01. The third kappa shape index (κ3) is 12.1. The summed E-state index contributed by atoms with van der Waals surface area (Å²) in [7, 11) is 5.69. The summed E-state index contributed by atoms with van der Waals surface area (Å²) in [4.78, 5) is 22.6. The number of hydrogen-bond donors (Lipinski definition) is 2. The van der Waals surface area contributed by atoms with Crippen molar-refractivity contribution in [2.45, 2.75) is 44.8 Å². The quantitative estimate of drug-likeness (QED) is 0.360. The fourth-order valence-corrected chi connectivity index (χ4v) is 1.88. The van der Waals surface area contributed by atoms with Gasteiger partial charge in [-0.2, -0.15) is 0 Å². The standard InChI is InChI=1S/C15H27NO5/c1-5-6-7-8-12(17)9-15(20)21-13(10-14(18)19)11-16(2,3)4/h6-7,12-13,17H,5,8-11H2,1-4H3/p+1. The summed E-state index contributed by atoms with van der Waals surface area (Å²) in [5.41, 5.74) is 0. The Balaban J connectivity index is 4.38. The molecule has 0 saturated carbocycles. The van der Waals surface area contributed by atoms with E-state index in [9.17, 15) is 14.7 Å². The van der Waals surface area contributed by atoms with Crippen molar-refractivity contribution in [1.82, 2.24) is 0 Å². The molecule has 21 heavy (non-hydrogen) atoms. The summed E-state index contributed by atoms with van der Waals surface area (Å²) in [6, 6.07) is 0. The van der Waals surface area contributed by atoms with Crippen LogP contribution in [0.3, 0.4) is 0 Å². The van der Waals surface area contributed by atoms with E-state index < -0.39 is 24.1 Å². The first-order chi connectivity index (χ1) is 9.64. The molecular formula is C15H28NO5+. The van der Waals surface area contributed by atoms with Gasteiger partial charge in [0.2, 0.25) is 0 Å². The van der Waals surface area contributed by atoms with Crippen LogP contribution in [0.4, 0.5) is 0 Å². The number of carbonyl (C=O) groups excluding carboxylic acids is 1. The van der Waals surface area contributed by atoms with Gasteiger partial charge in [-0.15, -0.1) is 0 Å². The van der Waals surface area contributed by atoms with Crippen molar-refractivity contribution < 1.29 is 29.0 Å². The molecule has 0 spiro atoms. The zero-order chi connectivity index (χ0) is 16.5. The maximum Gasteiger partial charge on any atom is 0.308 e. The second-order valence-corrected chi connectivity index (χ2v) is 6.16. The number of carboxylic acids is 1. The van der Waals surface area contributed by atoms with E-state index in [-0.39, 0.29) is 12.8 Å². The number of ether oxygens (including phenoxy) is 1. The first-order valence-corrected chi connectivity index (χ1v) is 7.18. The van der Waals surface area contributed by atoms with Crippen LogP contribution in [-0.2, 0) is 14.3 Å². The maximum absolute atomic E-state index is 11.8. The number of likely N-dealkylation sites (N-methyl/N-ethyl adjacent to an activating group) is 1. The Hall–Kier alpha value is -1.40. The van der Waals surface area contributed by atoms with Gasteiger partial charge in [0, 0.05) is 0 Å². The molecule has 0 aliphatic heterocycles. The zero-order valence-electron chi connectivity index (χ0n) is 13.4. The van der Waals surface area contributed by atoms with Gasteiger partial charge in [-0.05, 0) is 12.8 Å². The molecule has 2 atom stereocenters. The highest BCUT2D eigenvalue weighted by molar-refractivity contribution is 5.72. The highest BCUT2D eigenvalue weighted by Crippen LogP contribution is 2.09. The van der Waals surface area contributed by atoms with Crippen molar-refractivity contribution in [1.29, 1.82) is 0 Å². The normalized spacial score (nSPS) is 14.9. The van der Waals surface area contributed by atoms with Crippen molar-refractivity contribution >= 4 is 11.9 Å². The van der Waals surface area contributed by atoms with Crippen LogP contribution in [0.25, 0.3) is 0 Å². The molecule has 0 aliphatic carbocycles. The molecule has 0 heterocycles. The molecule has 0 bridgehead atoms. The van der Waals surface area contributed by atoms with Gasteiger partial charge < -0.3 is 19.4 Å². The number of quaternary nitrogens is 1. The molecule has 0 aromatic carbocycles. The van der Waals surface area contributed by atoms with Gasteiger partial charge in [-0.1, -0.05) is 19.1 Å². The van der Waals surface area contributed by atoms with Gasteiger partial charge in [0.05, 0.1) is 40.1 Å². The summed E-state index contributed by atoms with van der Waals surface area (Å²) in [5.74, 6) is -1.57. The zero-order valence-corrected chi connectivity index (χ0v) is 13.4. The molecular weight excluding hydrogens is 274 g/mol. The largest absolute Gasteiger partial charge is 0.481 e. The smallest absolute Gasteiger partial charge is 0.308 e. The molecule has 0 fully saturated rings. The Morgan fingerprint density at radius 1 is 1.19 bits per heavy atom. The summed E-state index contributed by atoms with van der Waals surface area (Å²) in [6.07, 6.45) is 3.16. The third-order valence-electron chi connectivity index (χ3n) is 2.66. The lowest BCUT2D eigenvalue weighted by molar-refractivity contribution is -0.873. The van der Waals surface area contributed by atoms with Crippen LogP contribution in [0.1, 0.15) is 32.6 Å². The lowest BCUT2D eigenvalue weighted by Gasteiger charge is -2.28. The number of carbonyl (C=O) groups is 2. The molecule has 2 unspecified atom stereocenters. The number of allylic oxidation sites excluding steroid dienone is 1. The molecule has 2 N–H and O–H groups in total. The minimum absolute atomic E-state index is 0.124. The Labute approximate surface area is 126 Å². The molecule has 0 rings (SSSR count). The van der Waals surface area contributed by atoms with Crippen molar-refractivity contribution in [3.05, 3.63) is 12.2 Å². The van der Waals surface area contributed by atoms with E-state index in [1.807, 2.05) is 40.2 Å². The number of rotatable bonds is 10. The number of esters is 1. The molecule has 0 saturated heterocycles. The van der Waals surface area contributed by atoms with Crippen molar-refractivity contribution in [2.75, 3.05) is 27.7 Å². The molecule has 0 aromatic rings. The predicted octanol–water partition coefficient (Wildman–Crippen LogP) is 1.19. The maximum atomic E-state index is 11.8. The van der Waals surface area contributed by atoms with Crippen LogP contribution < -0.4 is 0 Å². The summed E-state index contributed by atoms with van der Waals surface area (Å²) >= 11 is 0. The van der Waals surface area contributed by atoms with Crippen LogP contribution >= 0.6 is 0 Å². The summed E-state index contributed by atoms with van der Waals surface area (Å²) in [5, 5.41) is 18.6. The van der Waals surface area contributed by atoms with Crippen LogP contribution in [0.5, 0.6) is 0 Å². The number of nitrogens with zero attached hydrogens (tertiary/aromatic N) is 1. The van der Waals surface area contributed by atoms with Gasteiger partial charge in [0.25, 0.3) is 0 Å². The number of carboxylic acid groups (broad SMARTS) is 1. The average Bonchev–Trinajstić information content (AvgIpc) is 2.25. The Kier molecular flexibility index (Phi) is 8.89. The van der Waals surface area contributed by atoms with E-state index in [0.717, 1.165) is 6.42 Å². The molecule has 6 heteroatoms. The Morgan fingerprint density at radius 2 is 1.81 bits per heavy atom. The monoisotopic (exact) mass is 302 g/mol. The van der Waals surface area contributed by atoms with E-state index in [4.69, 9.17) is 9.84 Å². The van der Waals surface area contributed by atoms with E-state index >= 15 is 0 Å². The van der Waals surface area contributed by atoms with Crippen LogP contribution in [0.15, 0.2) is 12.2 Å². The van der Waals surface area contributed by atoms with Gasteiger partial charge in [0.1, 0.15) is 6.54 Å². The topological polar surface area (TPSA) is 83.8 Å². The molecule has 6 nitrogen and oxygen atoms in total. The summed E-state index contributed by atoms with van der Waals surface area (Å²) < 4.78 is 5.69. The molecule has 0 amide bonds. The Morgan fingerprint density at radius 3 is 2.29 bits per heavy atom. The second-order valence-electron chi connectivity index (χ2n) is 6.16. The number of aliphatic carboxylic acids is 1. The highest BCUT2D eigenvalue weighted by Gasteiger charge is 2.25. The first-order valence-electron chi connectivity index (χ1n) is 7.18. The van der Waals surface area contributed by atoms with Crippen LogP contribution in [0.2, 0.25) is 0 Å². The first kappa shape index (κ1) is 19.6.